The first-order valence-electron chi connectivity index (χ1n) is 8.42. The number of carbonyl (C=O) groups is 3. The molecular formula is C19H21N3O4S. The fraction of sp³-hybridized carbons (Fsp3) is 0.263. The second-order valence-corrected chi connectivity index (χ2v) is 6.45. The van der Waals surface area contributed by atoms with E-state index in [4.69, 9.17) is 4.74 Å². The molecule has 1 heterocycles. The SMILES string of the molecule is CCOC(=O)Cc1csc(NC(=O)C(C)NC(=O)/C=C/c2ccccc2)n1. The predicted octanol–water partition coefficient (Wildman–Crippen LogP) is 2.41. The third-order valence-corrected chi connectivity index (χ3v) is 4.20. The Hall–Kier alpha value is -3.00. The minimum absolute atomic E-state index is 0.0524. The van der Waals surface area contributed by atoms with Crippen LogP contribution in [0.5, 0.6) is 0 Å². The highest BCUT2D eigenvalue weighted by Gasteiger charge is 2.16. The van der Waals surface area contributed by atoms with Crippen molar-refractivity contribution in [1.29, 1.82) is 0 Å². The summed E-state index contributed by atoms with van der Waals surface area (Å²) in [7, 11) is 0. The molecule has 1 aromatic heterocycles. The van der Waals surface area contributed by atoms with E-state index in [0.29, 0.717) is 17.4 Å². The number of amides is 2. The number of nitrogens with zero attached hydrogens (tertiary/aromatic N) is 1. The second kappa shape index (κ2) is 10.2. The molecule has 27 heavy (non-hydrogen) atoms. The number of ether oxygens (including phenoxy) is 1. The maximum atomic E-state index is 12.2. The van der Waals surface area contributed by atoms with E-state index in [-0.39, 0.29) is 18.3 Å². The molecule has 0 spiro atoms. The van der Waals surface area contributed by atoms with Gasteiger partial charge in [-0.25, -0.2) is 4.98 Å². The van der Waals surface area contributed by atoms with Crippen molar-refractivity contribution >= 4 is 40.3 Å². The van der Waals surface area contributed by atoms with Gasteiger partial charge < -0.3 is 15.4 Å². The van der Waals surface area contributed by atoms with Crippen LogP contribution in [0.4, 0.5) is 5.13 Å². The number of anilines is 1. The summed E-state index contributed by atoms with van der Waals surface area (Å²) >= 11 is 1.20. The normalized spacial score (nSPS) is 11.8. The Morgan fingerprint density at radius 1 is 1.26 bits per heavy atom. The highest BCUT2D eigenvalue weighted by molar-refractivity contribution is 7.13. The number of aromatic nitrogens is 1. The molecule has 0 bridgehead atoms. The molecule has 0 aliphatic heterocycles. The lowest BCUT2D eigenvalue weighted by atomic mass is 10.2. The van der Waals surface area contributed by atoms with Crippen LogP contribution in [-0.2, 0) is 25.5 Å². The highest BCUT2D eigenvalue weighted by Crippen LogP contribution is 2.16. The number of rotatable bonds is 8. The summed E-state index contributed by atoms with van der Waals surface area (Å²) in [5, 5.41) is 7.26. The van der Waals surface area contributed by atoms with Gasteiger partial charge in [0, 0.05) is 11.5 Å². The van der Waals surface area contributed by atoms with E-state index in [1.54, 1.807) is 25.3 Å². The smallest absolute Gasteiger partial charge is 0.311 e. The Kier molecular flexibility index (Phi) is 7.69. The van der Waals surface area contributed by atoms with E-state index in [1.165, 1.54) is 17.4 Å². The van der Waals surface area contributed by atoms with Crippen LogP contribution in [0.1, 0.15) is 25.1 Å². The first-order chi connectivity index (χ1) is 13.0. The molecule has 2 aromatic rings. The van der Waals surface area contributed by atoms with E-state index < -0.39 is 11.9 Å². The van der Waals surface area contributed by atoms with Crippen molar-refractivity contribution in [2.45, 2.75) is 26.3 Å². The molecule has 142 valence electrons. The Balaban J connectivity index is 1.83. The Morgan fingerprint density at radius 2 is 2.00 bits per heavy atom. The van der Waals surface area contributed by atoms with Crippen LogP contribution in [-0.4, -0.2) is 35.4 Å². The Morgan fingerprint density at radius 3 is 2.70 bits per heavy atom. The van der Waals surface area contributed by atoms with Crippen LogP contribution in [0, 0.1) is 0 Å². The maximum absolute atomic E-state index is 12.2. The van der Waals surface area contributed by atoms with Crippen LogP contribution in [0.15, 0.2) is 41.8 Å². The number of thiazole rings is 1. The number of hydrogen-bond acceptors (Lipinski definition) is 6. The third kappa shape index (κ3) is 7.02. The van der Waals surface area contributed by atoms with Gasteiger partial charge >= 0.3 is 5.97 Å². The summed E-state index contributed by atoms with van der Waals surface area (Å²) in [6, 6.07) is 8.64. The fourth-order valence-corrected chi connectivity index (χ4v) is 2.80. The van der Waals surface area contributed by atoms with Crippen LogP contribution >= 0.6 is 11.3 Å². The maximum Gasteiger partial charge on any atom is 0.311 e. The summed E-state index contributed by atoms with van der Waals surface area (Å²) < 4.78 is 4.86. The first-order valence-corrected chi connectivity index (χ1v) is 9.30. The first kappa shape index (κ1) is 20.3. The van der Waals surface area contributed by atoms with Crippen molar-refractivity contribution < 1.29 is 19.1 Å². The molecule has 0 saturated heterocycles. The molecule has 2 rings (SSSR count). The summed E-state index contributed by atoms with van der Waals surface area (Å²) in [5.41, 5.74) is 1.41. The molecule has 1 aromatic carbocycles. The molecule has 0 saturated carbocycles. The molecule has 0 fully saturated rings. The average molecular weight is 387 g/mol. The van der Waals surface area contributed by atoms with Crippen molar-refractivity contribution in [3.63, 3.8) is 0 Å². The number of carbonyl (C=O) groups excluding carboxylic acids is 3. The average Bonchev–Trinajstić information content (AvgIpc) is 3.07. The monoisotopic (exact) mass is 387 g/mol. The van der Waals surface area contributed by atoms with Crippen LogP contribution in [0.3, 0.4) is 0 Å². The lowest BCUT2D eigenvalue weighted by Crippen LogP contribution is -2.40. The predicted molar refractivity (Wildman–Crippen MR) is 104 cm³/mol. The van der Waals surface area contributed by atoms with Gasteiger partial charge in [0.25, 0.3) is 0 Å². The van der Waals surface area contributed by atoms with Crippen LogP contribution < -0.4 is 10.6 Å². The molecular weight excluding hydrogens is 366 g/mol. The van der Waals surface area contributed by atoms with Gasteiger partial charge in [0.1, 0.15) is 6.04 Å². The van der Waals surface area contributed by atoms with E-state index >= 15 is 0 Å². The molecule has 0 radical (unpaired) electrons. The van der Waals surface area contributed by atoms with Crippen LogP contribution in [0.2, 0.25) is 0 Å². The summed E-state index contributed by atoms with van der Waals surface area (Å²) in [4.78, 5) is 39.7. The molecule has 7 nitrogen and oxygen atoms in total. The van der Waals surface area contributed by atoms with Crippen LogP contribution in [0.25, 0.3) is 6.08 Å². The van der Waals surface area contributed by atoms with Crippen molar-refractivity contribution in [3.05, 3.63) is 53.0 Å². The van der Waals surface area contributed by atoms with Crippen molar-refractivity contribution in [2.75, 3.05) is 11.9 Å². The van der Waals surface area contributed by atoms with Gasteiger partial charge in [0.2, 0.25) is 11.8 Å². The molecule has 2 N–H and O–H groups in total. The van der Waals surface area contributed by atoms with E-state index in [2.05, 4.69) is 15.6 Å². The van der Waals surface area contributed by atoms with E-state index in [0.717, 1.165) is 5.56 Å². The largest absolute Gasteiger partial charge is 0.466 e. The van der Waals surface area contributed by atoms with Gasteiger partial charge in [0.15, 0.2) is 5.13 Å². The number of benzene rings is 1. The van der Waals surface area contributed by atoms with Gasteiger partial charge in [-0.2, -0.15) is 0 Å². The van der Waals surface area contributed by atoms with Crippen molar-refractivity contribution in [2.24, 2.45) is 0 Å². The lowest BCUT2D eigenvalue weighted by molar-refractivity contribution is -0.142. The number of hydrogen-bond donors (Lipinski definition) is 2. The Labute approximate surface area is 161 Å². The van der Waals surface area contributed by atoms with Gasteiger partial charge in [-0.15, -0.1) is 11.3 Å². The zero-order chi connectivity index (χ0) is 19.6. The van der Waals surface area contributed by atoms with Gasteiger partial charge in [-0.1, -0.05) is 30.3 Å². The zero-order valence-electron chi connectivity index (χ0n) is 15.1. The molecule has 1 atom stereocenters. The summed E-state index contributed by atoms with van der Waals surface area (Å²) in [6.45, 7) is 3.62. The Bertz CT molecular complexity index is 817. The van der Waals surface area contributed by atoms with Gasteiger partial charge in [0.05, 0.1) is 18.7 Å². The topological polar surface area (TPSA) is 97.4 Å². The van der Waals surface area contributed by atoms with Crippen molar-refractivity contribution in [3.8, 4) is 0 Å². The quantitative estimate of drug-likeness (QED) is 0.535. The number of nitrogens with one attached hydrogen (secondary N) is 2. The third-order valence-electron chi connectivity index (χ3n) is 3.39. The minimum Gasteiger partial charge on any atom is -0.466 e. The zero-order valence-corrected chi connectivity index (χ0v) is 15.9. The van der Waals surface area contributed by atoms with Crippen molar-refractivity contribution in [1.82, 2.24) is 10.3 Å². The van der Waals surface area contributed by atoms with E-state index in [1.807, 2.05) is 30.3 Å². The van der Waals surface area contributed by atoms with Gasteiger partial charge in [-0.3, -0.25) is 14.4 Å². The minimum atomic E-state index is -0.740. The highest BCUT2D eigenvalue weighted by atomic mass is 32.1. The number of esters is 1. The standard InChI is InChI=1S/C19H21N3O4S/c1-3-26-17(24)11-15-12-27-19(21-15)22-18(25)13(2)20-16(23)10-9-14-7-5-4-6-8-14/h4-10,12-13H,3,11H2,1-2H3,(H,20,23)(H,21,22,25)/b10-9+. The van der Waals surface area contributed by atoms with E-state index in [9.17, 15) is 14.4 Å². The molecule has 0 aliphatic carbocycles. The molecule has 8 heteroatoms. The fourth-order valence-electron chi connectivity index (χ4n) is 2.08. The van der Waals surface area contributed by atoms with Gasteiger partial charge in [-0.05, 0) is 25.5 Å². The molecule has 2 amide bonds. The molecule has 1 unspecified atom stereocenters. The summed E-state index contributed by atoms with van der Waals surface area (Å²) in [5.74, 6) is -1.14. The summed E-state index contributed by atoms with van der Waals surface area (Å²) in [6.07, 6.45) is 3.10. The molecule has 0 aliphatic rings. The lowest BCUT2D eigenvalue weighted by Gasteiger charge is -2.11. The second-order valence-electron chi connectivity index (χ2n) is 5.59.